The summed E-state index contributed by atoms with van der Waals surface area (Å²) in [5, 5.41) is 5.36. The average molecular weight is 495 g/mol. The van der Waals surface area contributed by atoms with E-state index >= 15 is 0 Å². The van der Waals surface area contributed by atoms with Gasteiger partial charge in [-0.15, -0.1) is 11.3 Å². The second-order valence-electron chi connectivity index (χ2n) is 8.49. The highest BCUT2D eigenvalue weighted by Crippen LogP contribution is 2.48. The molecule has 184 valence electrons. The number of esters is 2. The molecule has 8 heteroatoms. The monoisotopic (exact) mass is 494 g/mol. The van der Waals surface area contributed by atoms with Crippen molar-refractivity contribution in [3.63, 3.8) is 0 Å². The van der Waals surface area contributed by atoms with Gasteiger partial charge in [-0.2, -0.15) is 0 Å². The molecule has 2 aromatic heterocycles. The zero-order chi connectivity index (χ0) is 24.9. The first kappa shape index (κ1) is 24.9. The number of hydrogen-bond donors (Lipinski definition) is 1. The van der Waals surface area contributed by atoms with E-state index in [1.165, 1.54) is 11.3 Å². The third-order valence-corrected chi connectivity index (χ3v) is 7.34. The Balaban J connectivity index is 1.90. The van der Waals surface area contributed by atoms with Crippen LogP contribution in [0.25, 0.3) is 0 Å². The van der Waals surface area contributed by atoms with E-state index in [2.05, 4.69) is 10.3 Å². The van der Waals surface area contributed by atoms with Gasteiger partial charge in [-0.05, 0) is 50.3 Å². The summed E-state index contributed by atoms with van der Waals surface area (Å²) in [6.07, 6.45) is 3.52. The molecule has 3 atom stereocenters. The quantitative estimate of drug-likeness (QED) is 0.422. The van der Waals surface area contributed by atoms with Crippen LogP contribution < -0.4 is 5.32 Å². The van der Waals surface area contributed by atoms with Crippen LogP contribution in [0.1, 0.15) is 62.4 Å². The number of ether oxygens (including phenoxy) is 2. The second-order valence-corrected chi connectivity index (χ2v) is 9.47. The molecule has 0 radical (unpaired) electrons. The predicted octanol–water partition coefficient (Wildman–Crippen LogP) is 4.64. The lowest BCUT2D eigenvalue weighted by Crippen LogP contribution is -2.43. The minimum absolute atomic E-state index is 0.183. The topological polar surface area (TPSA) is 94.6 Å². The Morgan fingerprint density at radius 2 is 1.91 bits per heavy atom. The molecular weight excluding hydrogens is 464 g/mol. The summed E-state index contributed by atoms with van der Waals surface area (Å²) >= 11 is 1.52. The summed E-state index contributed by atoms with van der Waals surface area (Å²) in [4.78, 5) is 46.0. The van der Waals surface area contributed by atoms with Gasteiger partial charge in [0, 0.05) is 34.0 Å². The number of pyridine rings is 1. The molecule has 1 aliphatic heterocycles. The molecule has 0 unspecified atom stereocenters. The lowest BCUT2D eigenvalue weighted by molar-refractivity contribution is -0.152. The van der Waals surface area contributed by atoms with Crippen molar-refractivity contribution in [3.05, 3.63) is 75.0 Å². The summed E-state index contributed by atoms with van der Waals surface area (Å²) < 4.78 is 10.8. The lowest BCUT2D eigenvalue weighted by atomic mass is 9.68. The van der Waals surface area contributed by atoms with Crippen LogP contribution in [0.3, 0.4) is 0 Å². The first-order valence-corrected chi connectivity index (χ1v) is 12.9. The number of dihydropyridines is 1. The molecule has 0 fully saturated rings. The highest BCUT2D eigenvalue weighted by molar-refractivity contribution is 7.10. The summed E-state index contributed by atoms with van der Waals surface area (Å²) in [6, 6.07) is 9.30. The first-order valence-electron chi connectivity index (χ1n) is 12.1. The fourth-order valence-corrected chi connectivity index (χ4v) is 5.83. The molecule has 2 aromatic rings. The molecule has 0 saturated carbocycles. The van der Waals surface area contributed by atoms with E-state index in [1.54, 1.807) is 32.2 Å². The van der Waals surface area contributed by atoms with Gasteiger partial charge in [0.2, 0.25) is 0 Å². The molecule has 0 aromatic carbocycles. The van der Waals surface area contributed by atoms with Crippen LogP contribution >= 0.6 is 11.3 Å². The number of rotatable bonds is 8. The number of ketones is 1. The zero-order valence-electron chi connectivity index (χ0n) is 20.2. The van der Waals surface area contributed by atoms with Crippen molar-refractivity contribution in [1.82, 2.24) is 10.3 Å². The van der Waals surface area contributed by atoms with Gasteiger partial charge in [0.25, 0.3) is 0 Å². The number of aromatic nitrogens is 1. The highest BCUT2D eigenvalue weighted by atomic mass is 32.1. The van der Waals surface area contributed by atoms with Gasteiger partial charge in [0.05, 0.1) is 30.4 Å². The van der Waals surface area contributed by atoms with Crippen LogP contribution in [0.15, 0.2) is 64.4 Å². The van der Waals surface area contributed by atoms with Gasteiger partial charge in [-0.3, -0.25) is 14.6 Å². The van der Waals surface area contributed by atoms with Crippen LogP contribution in [-0.2, 0) is 23.9 Å². The summed E-state index contributed by atoms with van der Waals surface area (Å²) in [5.41, 5.74) is 2.84. The van der Waals surface area contributed by atoms with Crippen LogP contribution in [0.5, 0.6) is 0 Å². The van der Waals surface area contributed by atoms with Crippen molar-refractivity contribution in [1.29, 1.82) is 0 Å². The maximum atomic E-state index is 14.2. The fraction of sp³-hybridized carbons (Fsp3) is 0.407. The predicted molar refractivity (Wildman–Crippen MR) is 133 cm³/mol. The van der Waals surface area contributed by atoms with Crippen molar-refractivity contribution in [2.45, 2.75) is 51.9 Å². The number of thiophene rings is 1. The average Bonchev–Trinajstić information content (AvgIpc) is 3.39. The molecular formula is C27H30N2O5S. The van der Waals surface area contributed by atoms with Crippen LogP contribution in [0.4, 0.5) is 0 Å². The third kappa shape index (κ3) is 4.80. The van der Waals surface area contributed by atoms with Crippen LogP contribution in [0, 0.1) is 5.92 Å². The summed E-state index contributed by atoms with van der Waals surface area (Å²) in [5.74, 6) is -3.40. The van der Waals surface area contributed by atoms with Crippen LogP contribution in [-0.4, -0.2) is 35.9 Å². The molecule has 0 amide bonds. The zero-order valence-corrected chi connectivity index (χ0v) is 21.0. The van der Waals surface area contributed by atoms with Crippen molar-refractivity contribution >= 4 is 29.1 Å². The highest BCUT2D eigenvalue weighted by Gasteiger charge is 2.49. The molecule has 0 bridgehead atoms. The standard InChI is InChI=1S/C27H30N2O5S/c1-4-10-18-24(27(32)34-6-3)22(17-11-7-8-13-28-17)23-19(29-18)15-16(20-12-9-14-35-20)21(25(23)30)26(31)33-5-2/h7-9,11-14,16,21-22,29H,4-6,10,15H2,1-3H3/t16-,21-,22+/m0/s1. The molecule has 0 saturated heterocycles. The summed E-state index contributed by atoms with van der Waals surface area (Å²) in [7, 11) is 0. The number of Topliss-reactive ketones (excluding diaryl/α,β-unsaturated/α-hetero) is 1. The normalized spacial score (nSPS) is 21.9. The van der Waals surface area contributed by atoms with E-state index in [1.807, 2.05) is 30.5 Å². The fourth-order valence-electron chi connectivity index (χ4n) is 4.96. The van der Waals surface area contributed by atoms with Gasteiger partial charge < -0.3 is 14.8 Å². The number of nitrogens with one attached hydrogen (secondary N) is 1. The van der Waals surface area contributed by atoms with Crippen molar-refractivity contribution in [3.8, 4) is 0 Å². The van der Waals surface area contributed by atoms with E-state index in [9.17, 15) is 14.4 Å². The Morgan fingerprint density at radius 1 is 1.11 bits per heavy atom. The van der Waals surface area contributed by atoms with Gasteiger partial charge >= 0.3 is 11.9 Å². The van der Waals surface area contributed by atoms with Gasteiger partial charge in [0.1, 0.15) is 5.92 Å². The Morgan fingerprint density at radius 3 is 2.54 bits per heavy atom. The maximum absolute atomic E-state index is 14.2. The minimum atomic E-state index is -0.989. The number of hydrogen-bond acceptors (Lipinski definition) is 8. The van der Waals surface area contributed by atoms with Crippen molar-refractivity contribution in [2.24, 2.45) is 5.92 Å². The molecule has 1 N–H and O–H groups in total. The van der Waals surface area contributed by atoms with Gasteiger partial charge in [0.15, 0.2) is 5.78 Å². The van der Waals surface area contributed by atoms with E-state index in [4.69, 9.17) is 9.47 Å². The molecule has 2 aliphatic rings. The summed E-state index contributed by atoms with van der Waals surface area (Å²) in [6.45, 7) is 5.91. The Hall–Kier alpha value is -3.26. The number of carbonyl (C=O) groups excluding carboxylic acids is 3. The van der Waals surface area contributed by atoms with E-state index in [-0.39, 0.29) is 24.9 Å². The van der Waals surface area contributed by atoms with Crippen molar-refractivity contribution in [2.75, 3.05) is 13.2 Å². The number of carbonyl (C=O) groups is 3. The maximum Gasteiger partial charge on any atom is 0.336 e. The smallest absolute Gasteiger partial charge is 0.336 e. The first-order chi connectivity index (χ1) is 17.0. The second kappa shape index (κ2) is 11.0. The number of nitrogens with zero attached hydrogens (tertiary/aromatic N) is 1. The molecule has 0 spiro atoms. The molecule has 7 nitrogen and oxygen atoms in total. The van der Waals surface area contributed by atoms with Crippen molar-refractivity contribution < 1.29 is 23.9 Å². The van der Waals surface area contributed by atoms with Gasteiger partial charge in [-0.25, -0.2) is 4.79 Å². The Bertz CT molecular complexity index is 1150. The molecule has 3 heterocycles. The van der Waals surface area contributed by atoms with Crippen LogP contribution in [0.2, 0.25) is 0 Å². The van der Waals surface area contributed by atoms with E-state index in [0.29, 0.717) is 29.7 Å². The minimum Gasteiger partial charge on any atom is -0.465 e. The SMILES string of the molecule is CCCC1=C(C(=O)OCC)[C@H](c2ccccn2)C2=C(C[C@@H](c3cccs3)[C@H](C(=O)OCC)C2=O)N1. The molecule has 35 heavy (non-hydrogen) atoms. The van der Waals surface area contributed by atoms with Gasteiger partial charge in [-0.1, -0.05) is 25.5 Å². The third-order valence-electron chi connectivity index (χ3n) is 6.33. The number of allylic oxidation sites excluding steroid dienone is 3. The van der Waals surface area contributed by atoms with E-state index < -0.39 is 23.8 Å². The lowest BCUT2D eigenvalue weighted by Gasteiger charge is -2.39. The largest absolute Gasteiger partial charge is 0.465 e. The Labute approximate surface area is 209 Å². The molecule has 4 rings (SSSR count). The van der Waals surface area contributed by atoms with E-state index in [0.717, 1.165) is 22.7 Å². The Kier molecular flexibility index (Phi) is 7.80. The molecule has 1 aliphatic carbocycles.